The molecule has 1 aromatic rings. The number of pyridine rings is 1. The lowest BCUT2D eigenvalue weighted by molar-refractivity contribution is -0.121. The van der Waals surface area contributed by atoms with Crippen molar-refractivity contribution in [3.05, 3.63) is 24.0 Å². The maximum Gasteiger partial charge on any atom is 0.226 e. The molecule has 1 aromatic heterocycles. The molecule has 0 unspecified atom stereocenters. The third kappa shape index (κ3) is 5.00. The number of halogens is 1. The van der Waals surface area contributed by atoms with Crippen molar-refractivity contribution in [1.29, 1.82) is 0 Å². The standard InChI is InChI=1S/C15H23N3O.ClH/c1-2-11-3-6-13(7-4-11)18-15(19)9-14-8-5-12(16)10-17-14;/h5,8,10-11,13H,2-4,6-7,9,16H2,1H3,(H,18,19);1H. The molecule has 0 aromatic carbocycles. The number of amides is 1. The minimum Gasteiger partial charge on any atom is -0.397 e. The lowest BCUT2D eigenvalue weighted by atomic mass is 9.84. The molecular formula is C15H24ClN3O. The van der Waals surface area contributed by atoms with Gasteiger partial charge in [0.25, 0.3) is 0 Å². The van der Waals surface area contributed by atoms with E-state index in [-0.39, 0.29) is 18.3 Å². The van der Waals surface area contributed by atoms with E-state index in [1.54, 1.807) is 12.3 Å². The molecule has 3 N–H and O–H groups in total. The second-order valence-electron chi connectivity index (χ2n) is 5.45. The van der Waals surface area contributed by atoms with Crippen molar-refractivity contribution in [3.8, 4) is 0 Å². The molecule has 0 aliphatic heterocycles. The summed E-state index contributed by atoms with van der Waals surface area (Å²) in [6, 6.07) is 3.94. The first kappa shape index (κ1) is 16.8. The number of carbonyl (C=O) groups excluding carboxylic acids is 1. The Morgan fingerprint density at radius 3 is 2.60 bits per heavy atom. The van der Waals surface area contributed by atoms with Gasteiger partial charge in [-0.05, 0) is 43.7 Å². The van der Waals surface area contributed by atoms with Crippen LogP contribution >= 0.6 is 12.4 Å². The monoisotopic (exact) mass is 297 g/mol. The summed E-state index contributed by atoms with van der Waals surface area (Å²) < 4.78 is 0. The Hall–Kier alpha value is -1.29. The second kappa shape index (κ2) is 8.10. The van der Waals surface area contributed by atoms with Gasteiger partial charge in [0, 0.05) is 11.7 Å². The molecule has 0 bridgehead atoms. The summed E-state index contributed by atoms with van der Waals surface area (Å²) in [6.45, 7) is 2.25. The number of hydrogen-bond acceptors (Lipinski definition) is 3. The van der Waals surface area contributed by atoms with Gasteiger partial charge in [0.05, 0.1) is 18.3 Å². The Kier molecular flexibility index (Phi) is 6.79. The number of carbonyl (C=O) groups is 1. The van der Waals surface area contributed by atoms with E-state index < -0.39 is 0 Å². The van der Waals surface area contributed by atoms with Crippen LogP contribution in [0.1, 0.15) is 44.7 Å². The molecule has 4 nitrogen and oxygen atoms in total. The van der Waals surface area contributed by atoms with Crippen molar-refractivity contribution < 1.29 is 4.79 Å². The summed E-state index contributed by atoms with van der Waals surface area (Å²) in [4.78, 5) is 16.1. The van der Waals surface area contributed by atoms with Gasteiger partial charge in [-0.3, -0.25) is 9.78 Å². The lowest BCUT2D eigenvalue weighted by Crippen LogP contribution is -2.38. The molecule has 0 atom stereocenters. The average Bonchev–Trinajstić information content (AvgIpc) is 2.42. The van der Waals surface area contributed by atoms with Gasteiger partial charge < -0.3 is 11.1 Å². The molecule has 2 rings (SSSR count). The smallest absolute Gasteiger partial charge is 0.226 e. The van der Waals surface area contributed by atoms with Gasteiger partial charge in [0.1, 0.15) is 0 Å². The number of aromatic nitrogens is 1. The molecule has 112 valence electrons. The van der Waals surface area contributed by atoms with Crippen molar-refractivity contribution in [2.75, 3.05) is 5.73 Å². The molecule has 1 amide bonds. The highest BCUT2D eigenvalue weighted by atomic mass is 35.5. The van der Waals surface area contributed by atoms with Gasteiger partial charge in [-0.2, -0.15) is 0 Å². The van der Waals surface area contributed by atoms with Crippen LogP contribution in [0.2, 0.25) is 0 Å². The van der Waals surface area contributed by atoms with E-state index in [1.165, 1.54) is 19.3 Å². The summed E-state index contributed by atoms with van der Waals surface area (Å²) in [6.07, 6.45) is 7.89. The summed E-state index contributed by atoms with van der Waals surface area (Å²) >= 11 is 0. The van der Waals surface area contributed by atoms with Crippen LogP contribution in [0.15, 0.2) is 18.3 Å². The highest BCUT2D eigenvalue weighted by molar-refractivity contribution is 5.85. The average molecular weight is 298 g/mol. The van der Waals surface area contributed by atoms with E-state index in [0.717, 1.165) is 24.5 Å². The third-order valence-electron chi connectivity index (χ3n) is 3.98. The van der Waals surface area contributed by atoms with E-state index in [2.05, 4.69) is 17.2 Å². The fourth-order valence-corrected chi connectivity index (χ4v) is 2.70. The van der Waals surface area contributed by atoms with Crippen LogP contribution in [0.5, 0.6) is 0 Å². The molecule has 1 aliphatic rings. The summed E-state index contributed by atoms with van der Waals surface area (Å²) in [5.74, 6) is 0.920. The first-order valence-corrected chi connectivity index (χ1v) is 7.17. The summed E-state index contributed by atoms with van der Waals surface area (Å²) in [7, 11) is 0. The fourth-order valence-electron chi connectivity index (χ4n) is 2.70. The van der Waals surface area contributed by atoms with E-state index in [0.29, 0.717) is 18.2 Å². The van der Waals surface area contributed by atoms with Gasteiger partial charge in [-0.15, -0.1) is 12.4 Å². The Bertz CT molecular complexity index is 414. The fraction of sp³-hybridized carbons (Fsp3) is 0.600. The van der Waals surface area contributed by atoms with Crippen LogP contribution in [-0.4, -0.2) is 16.9 Å². The zero-order chi connectivity index (χ0) is 13.7. The zero-order valence-corrected chi connectivity index (χ0v) is 12.8. The maximum atomic E-state index is 11.9. The first-order chi connectivity index (χ1) is 9.17. The van der Waals surface area contributed by atoms with Gasteiger partial charge in [-0.25, -0.2) is 0 Å². The number of nitrogens with zero attached hydrogens (tertiary/aromatic N) is 1. The Morgan fingerprint density at radius 2 is 2.05 bits per heavy atom. The van der Waals surface area contributed by atoms with Crippen LogP contribution in [0.4, 0.5) is 5.69 Å². The molecule has 0 spiro atoms. The molecule has 1 aliphatic carbocycles. The van der Waals surface area contributed by atoms with Gasteiger partial charge in [0.15, 0.2) is 0 Å². The predicted molar refractivity (Wildman–Crippen MR) is 83.8 cm³/mol. The number of anilines is 1. The predicted octanol–water partition coefficient (Wildman–Crippen LogP) is 2.71. The normalized spacial score (nSPS) is 21.9. The van der Waals surface area contributed by atoms with Crippen molar-refractivity contribution >= 4 is 24.0 Å². The van der Waals surface area contributed by atoms with Gasteiger partial charge in [-0.1, -0.05) is 13.3 Å². The largest absolute Gasteiger partial charge is 0.397 e. The summed E-state index contributed by atoms with van der Waals surface area (Å²) in [5.41, 5.74) is 6.97. The lowest BCUT2D eigenvalue weighted by Gasteiger charge is -2.28. The Morgan fingerprint density at radius 1 is 1.35 bits per heavy atom. The first-order valence-electron chi connectivity index (χ1n) is 7.17. The van der Waals surface area contributed by atoms with E-state index in [1.807, 2.05) is 6.07 Å². The minimum absolute atomic E-state index is 0. The number of hydrogen-bond donors (Lipinski definition) is 2. The van der Waals surface area contributed by atoms with Crippen LogP contribution in [-0.2, 0) is 11.2 Å². The molecule has 0 radical (unpaired) electrons. The SMILES string of the molecule is CCC1CCC(NC(=O)Cc2ccc(N)cn2)CC1.Cl. The second-order valence-corrected chi connectivity index (χ2v) is 5.45. The third-order valence-corrected chi connectivity index (χ3v) is 3.98. The number of rotatable bonds is 4. The van der Waals surface area contributed by atoms with E-state index >= 15 is 0 Å². The van der Waals surface area contributed by atoms with Crippen LogP contribution in [0.25, 0.3) is 0 Å². The molecular weight excluding hydrogens is 274 g/mol. The number of nitrogens with one attached hydrogen (secondary N) is 1. The Labute approximate surface area is 126 Å². The van der Waals surface area contributed by atoms with E-state index in [4.69, 9.17) is 5.73 Å². The highest BCUT2D eigenvalue weighted by Crippen LogP contribution is 2.26. The Balaban J connectivity index is 0.00000200. The van der Waals surface area contributed by atoms with E-state index in [9.17, 15) is 4.79 Å². The number of nitrogen functional groups attached to an aromatic ring is 1. The summed E-state index contributed by atoms with van der Waals surface area (Å²) in [5, 5.41) is 3.12. The number of nitrogens with two attached hydrogens (primary N) is 1. The van der Waals surface area contributed by atoms with Crippen molar-refractivity contribution in [1.82, 2.24) is 10.3 Å². The minimum atomic E-state index is 0. The van der Waals surface area contributed by atoms with Gasteiger partial charge >= 0.3 is 0 Å². The van der Waals surface area contributed by atoms with Gasteiger partial charge in [0.2, 0.25) is 5.91 Å². The van der Waals surface area contributed by atoms with Crippen molar-refractivity contribution in [3.63, 3.8) is 0 Å². The molecule has 1 saturated carbocycles. The quantitative estimate of drug-likeness (QED) is 0.898. The maximum absolute atomic E-state index is 11.9. The highest BCUT2D eigenvalue weighted by Gasteiger charge is 2.21. The zero-order valence-electron chi connectivity index (χ0n) is 12.0. The van der Waals surface area contributed by atoms with Crippen LogP contribution in [0, 0.1) is 5.92 Å². The molecule has 1 heterocycles. The van der Waals surface area contributed by atoms with Crippen LogP contribution < -0.4 is 11.1 Å². The molecule has 5 heteroatoms. The topological polar surface area (TPSA) is 68.0 Å². The molecule has 20 heavy (non-hydrogen) atoms. The molecule has 0 saturated heterocycles. The van der Waals surface area contributed by atoms with Crippen molar-refractivity contribution in [2.24, 2.45) is 5.92 Å². The molecule has 1 fully saturated rings. The van der Waals surface area contributed by atoms with Crippen LogP contribution in [0.3, 0.4) is 0 Å². The van der Waals surface area contributed by atoms with Crippen molar-refractivity contribution in [2.45, 2.75) is 51.5 Å².